The molecule has 60 heavy (non-hydrogen) atoms. The Kier molecular flexibility index (Phi) is 43.4. The fourth-order valence-electron chi connectivity index (χ4n) is 6.98. The maximum atomic E-state index is 12.7. The number of esters is 1. The fourth-order valence-corrected chi connectivity index (χ4v) is 7.72. The number of nitrogens with zero attached hydrogens (tertiary/aromatic N) is 1. The smallest absolute Gasteiger partial charge is 0.457 e. The van der Waals surface area contributed by atoms with Crippen LogP contribution in [-0.4, -0.2) is 75.6 Å². The van der Waals surface area contributed by atoms with Crippen LogP contribution in [-0.2, 0) is 27.9 Å². The molecule has 1 N–H and O–H groups in total. The molecule has 0 aliphatic carbocycles. The summed E-state index contributed by atoms with van der Waals surface area (Å²) in [6, 6.07) is 0. The van der Waals surface area contributed by atoms with Crippen molar-refractivity contribution in [1.82, 2.24) is 0 Å². The number of phosphoric acid groups is 1. The van der Waals surface area contributed by atoms with Crippen LogP contribution in [0.5, 0.6) is 0 Å². The number of likely N-dealkylation sites (N-methyl/N-ethyl adjacent to an activating group) is 1. The third-order valence-corrected chi connectivity index (χ3v) is 11.9. The minimum Gasteiger partial charge on any atom is -0.457 e. The molecule has 0 amide bonds. The van der Waals surface area contributed by atoms with Crippen LogP contribution >= 0.6 is 7.82 Å². The van der Waals surface area contributed by atoms with Crippen molar-refractivity contribution in [3.05, 3.63) is 36.5 Å². The minimum atomic E-state index is -4.28. The van der Waals surface area contributed by atoms with E-state index in [4.69, 9.17) is 18.5 Å². The zero-order chi connectivity index (χ0) is 44.1. The van der Waals surface area contributed by atoms with Crippen LogP contribution in [0.1, 0.15) is 226 Å². The molecule has 0 rings (SSSR count). The monoisotopic (exact) mass is 869 g/mol. The fraction of sp³-hybridized carbons (Fsp3) is 0.863. The summed E-state index contributed by atoms with van der Waals surface area (Å²) in [6.07, 6.45) is 53.4. The van der Waals surface area contributed by atoms with E-state index in [1.807, 2.05) is 21.1 Å². The third kappa shape index (κ3) is 47.8. The zero-order valence-electron chi connectivity index (χ0n) is 40.2. The van der Waals surface area contributed by atoms with Gasteiger partial charge in [0.05, 0.1) is 34.4 Å². The van der Waals surface area contributed by atoms with Gasteiger partial charge >= 0.3 is 13.8 Å². The van der Waals surface area contributed by atoms with Crippen LogP contribution < -0.4 is 0 Å². The molecule has 354 valence electrons. The lowest BCUT2D eigenvalue weighted by Gasteiger charge is -2.24. The largest absolute Gasteiger partial charge is 0.472 e. The number of unbranched alkanes of at least 4 members (excludes halogenated alkanes) is 27. The van der Waals surface area contributed by atoms with Crippen molar-refractivity contribution >= 4 is 13.8 Å². The van der Waals surface area contributed by atoms with E-state index in [1.54, 1.807) is 0 Å². The van der Waals surface area contributed by atoms with Gasteiger partial charge in [-0.3, -0.25) is 13.8 Å². The molecule has 0 heterocycles. The number of hydrogen-bond acceptors (Lipinski definition) is 6. The number of carbonyl (C=O) groups excluding carboxylic acids is 1. The second-order valence-electron chi connectivity index (χ2n) is 18.2. The van der Waals surface area contributed by atoms with Crippen LogP contribution in [0.4, 0.5) is 0 Å². The van der Waals surface area contributed by atoms with Gasteiger partial charge in [-0.2, -0.15) is 0 Å². The van der Waals surface area contributed by atoms with Gasteiger partial charge in [0.2, 0.25) is 0 Å². The molecule has 0 radical (unpaired) electrons. The van der Waals surface area contributed by atoms with E-state index in [0.29, 0.717) is 24.1 Å². The van der Waals surface area contributed by atoms with Crippen molar-refractivity contribution in [2.75, 3.05) is 54.1 Å². The first-order chi connectivity index (χ1) is 29.1. The Morgan fingerprint density at radius 1 is 0.517 bits per heavy atom. The highest BCUT2D eigenvalue weighted by molar-refractivity contribution is 7.47. The molecule has 0 bridgehead atoms. The Morgan fingerprint density at radius 2 is 0.933 bits per heavy atom. The standard InChI is InChI=1S/C51H98NO7P/c1-6-8-10-12-14-16-18-20-22-23-24-25-26-27-28-29-30-31-33-35-37-39-41-43-46-56-48-50(49-58-60(54,55)57-47-45-52(3,4)5)59-51(53)44-42-40-38-36-34-32-21-19-17-15-13-11-9-7-2/h13,15,19,21,23-24,50H,6-12,14,16-18,20,22,25-49H2,1-5H3/p+1/b15-13-,21-19-,24-23-. The van der Waals surface area contributed by atoms with E-state index in [1.165, 1.54) is 148 Å². The number of allylic oxidation sites excluding steroid dienone is 6. The van der Waals surface area contributed by atoms with E-state index >= 15 is 0 Å². The topological polar surface area (TPSA) is 91.3 Å². The molecule has 0 aromatic rings. The first-order valence-electron chi connectivity index (χ1n) is 25.2. The highest BCUT2D eigenvalue weighted by Crippen LogP contribution is 2.43. The highest BCUT2D eigenvalue weighted by Gasteiger charge is 2.26. The Labute approximate surface area is 372 Å². The van der Waals surface area contributed by atoms with Crippen LogP contribution in [0.3, 0.4) is 0 Å². The molecule has 0 aliphatic rings. The van der Waals surface area contributed by atoms with E-state index in [2.05, 4.69) is 50.3 Å². The zero-order valence-corrected chi connectivity index (χ0v) is 41.1. The summed E-state index contributed by atoms with van der Waals surface area (Å²) in [5.41, 5.74) is 0. The molecule has 2 unspecified atom stereocenters. The normalized spacial score (nSPS) is 13.9. The molecule has 9 heteroatoms. The van der Waals surface area contributed by atoms with Crippen LogP contribution in [0, 0.1) is 0 Å². The van der Waals surface area contributed by atoms with E-state index in [0.717, 1.165) is 57.8 Å². The number of phosphoric ester groups is 1. The second kappa shape index (κ2) is 44.3. The van der Waals surface area contributed by atoms with Crippen LogP contribution in [0.2, 0.25) is 0 Å². The number of quaternary nitrogens is 1. The number of ether oxygens (including phenoxy) is 2. The highest BCUT2D eigenvalue weighted by atomic mass is 31.2. The number of hydrogen-bond donors (Lipinski definition) is 1. The third-order valence-electron chi connectivity index (χ3n) is 10.9. The molecule has 0 aromatic carbocycles. The molecule has 0 aliphatic heterocycles. The number of carbonyl (C=O) groups is 1. The Bertz CT molecular complexity index is 1060. The maximum Gasteiger partial charge on any atom is 0.472 e. The predicted molar refractivity (Wildman–Crippen MR) is 256 cm³/mol. The lowest BCUT2D eigenvalue weighted by molar-refractivity contribution is -0.870. The lowest BCUT2D eigenvalue weighted by atomic mass is 10.0. The predicted octanol–water partition coefficient (Wildman–Crippen LogP) is 15.3. The van der Waals surface area contributed by atoms with Crippen molar-refractivity contribution in [3.8, 4) is 0 Å². The van der Waals surface area contributed by atoms with Crippen molar-refractivity contribution in [1.29, 1.82) is 0 Å². The molecule has 8 nitrogen and oxygen atoms in total. The molecule has 0 fully saturated rings. The summed E-state index contributed by atoms with van der Waals surface area (Å²) >= 11 is 0. The molecular weight excluding hydrogens is 770 g/mol. The molecule has 0 saturated heterocycles. The summed E-state index contributed by atoms with van der Waals surface area (Å²) in [7, 11) is 1.66. The average molecular weight is 869 g/mol. The van der Waals surface area contributed by atoms with Gasteiger partial charge in [-0.1, -0.05) is 192 Å². The Balaban J connectivity index is 4.09. The van der Waals surface area contributed by atoms with Gasteiger partial charge in [-0.05, 0) is 64.2 Å². The first-order valence-corrected chi connectivity index (χ1v) is 26.7. The van der Waals surface area contributed by atoms with Gasteiger partial charge < -0.3 is 18.9 Å². The van der Waals surface area contributed by atoms with Gasteiger partial charge in [-0.25, -0.2) is 4.57 Å². The van der Waals surface area contributed by atoms with E-state index < -0.39 is 13.9 Å². The van der Waals surface area contributed by atoms with Gasteiger partial charge in [0.25, 0.3) is 0 Å². The molecule has 2 atom stereocenters. The summed E-state index contributed by atoms with van der Waals surface area (Å²) in [6.45, 7) is 5.59. The van der Waals surface area contributed by atoms with Crippen molar-refractivity contribution < 1.29 is 37.3 Å². The summed E-state index contributed by atoms with van der Waals surface area (Å²) in [5, 5.41) is 0. The van der Waals surface area contributed by atoms with E-state index in [-0.39, 0.29) is 25.8 Å². The lowest BCUT2D eigenvalue weighted by Crippen LogP contribution is -2.37. The van der Waals surface area contributed by atoms with Gasteiger partial charge in [0, 0.05) is 13.0 Å². The molecule has 0 saturated carbocycles. The van der Waals surface area contributed by atoms with Gasteiger partial charge in [0.15, 0.2) is 0 Å². The summed E-state index contributed by atoms with van der Waals surface area (Å²) < 4.78 is 35.1. The quantitative estimate of drug-likeness (QED) is 0.0214. The second-order valence-corrected chi connectivity index (χ2v) is 19.6. The molecule has 0 aromatic heterocycles. The van der Waals surface area contributed by atoms with Gasteiger partial charge in [0.1, 0.15) is 19.3 Å². The maximum absolute atomic E-state index is 12.7. The minimum absolute atomic E-state index is 0.0860. The van der Waals surface area contributed by atoms with Crippen LogP contribution in [0.25, 0.3) is 0 Å². The van der Waals surface area contributed by atoms with E-state index in [9.17, 15) is 14.3 Å². The van der Waals surface area contributed by atoms with Crippen LogP contribution in [0.15, 0.2) is 36.5 Å². The summed E-state index contributed by atoms with van der Waals surface area (Å²) in [5.74, 6) is -0.326. The molecule has 0 spiro atoms. The molecular formula is C51H99NO7P+. The Hall–Kier alpha value is -1.28. The van der Waals surface area contributed by atoms with Crippen molar-refractivity contribution in [2.24, 2.45) is 0 Å². The SMILES string of the molecule is CCCC/C=C\C/C=C\CCCCCCCC(=O)OC(COCCCCCCCCCCCCCC/C=C\CCCCCCCCCC)COP(=O)(O)OCC[N+](C)(C)C. The number of rotatable bonds is 47. The first kappa shape index (κ1) is 58.7. The van der Waals surface area contributed by atoms with Crippen molar-refractivity contribution in [3.63, 3.8) is 0 Å². The summed E-state index contributed by atoms with van der Waals surface area (Å²) in [4.78, 5) is 22.9. The Morgan fingerprint density at radius 3 is 1.42 bits per heavy atom. The average Bonchev–Trinajstić information content (AvgIpc) is 3.20. The van der Waals surface area contributed by atoms with Crippen molar-refractivity contribution in [2.45, 2.75) is 232 Å². The van der Waals surface area contributed by atoms with Gasteiger partial charge in [-0.15, -0.1) is 0 Å².